The molecule has 1 amide bonds. The molecular weight excluding hydrogens is 460 g/mol. The molecule has 34 heavy (non-hydrogen) atoms. The molecule has 0 bridgehead atoms. The van der Waals surface area contributed by atoms with E-state index in [2.05, 4.69) is 5.32 Å². The molecular formula is C24H28N2O7S. The van der Waals surface area contributed by atoms with Crippen LogP contribution < -0.4 is 10.1 Å². The van der Waals surface area contributed by atoms with Gasteiger partial charge in [-0.3, -0.25) is 14.4 Å². The molecule has 0 saturated carbocycles. The number of hydrogen-bond donors (Lipinski definition) is 1. The molecule has 1 atom stereocenters. The number of nitrogens with zero attached hydrogens (tertiary/aromatic N) is 1. The number of methoxy groups -OCH3 is 1. The van der Waals surface area contributed by atoms with Crippen molar-refractivity contribution < 1.29 is 32.3 Å². The molecule has 2 aromatic carbocycles. The summed E-state index contributed by atoms with van der Waals surface area (Å²) in [5.74, 6) is -1.07. The number of carbonyl (C=O) groups excluding carboxylic acids is 3. The molecule has 1 N–H and O–H groups in total. The Morgan fingerprint density at radius 3 is 2.29 bits per heavy atom. The molecule has 0 aromatic heterocycles. The van der Waals surface area contributed by atoms with Crippen molar-refractivity contribution in [1.29, 1.82) is 0 Å². The van der Waals surface area contributed by atoms with E-state index >= 15 is 0 Å². The van der Waals surface area contributed by atoms with Crippen molar-refractivity contribution in [2.24, 2.45) is 5.92 Å². The molecule has 3 rings (SSSR count). The quantitative estimate of drug-likeness (QED) is 0.448. The van der Waals surface area contributed by atoms with E-state index in [1.165, 1.54) is 49.5 Å². The average molecular weight is 489 g/mol. The van der Waals surface area contributed by atoms with Crippen molar-refractivity contribution in [3.05, 3.63) is 54.1 Å². The van der Waals surface area contributed by atoms with Crippen LogP contribution in [0.4, 0.5) is 5.69 Å². The molecule has 182 valence electrons. The van der Waals surface area contributed by atoms with Gasteiger partial charge in [0.2, 0.25) is 10.0 Å². The smallest absolute Gasteiger partial charge is 0.309 e. The first-order chi connectivity index (χ1) is 16.1. The van der Waals surface area contributed by atoms with E-state index in [1.54, 1.807) is 24.3 Å². The topological polar surface area (TPSA) is 119 Å². The van der Waals surface area contributed by atoms with Crippen molar-refractivity contribution in [2.45, 2.75) is 37.7 Å². The van der Waals surface area contributed by atoms with E-state index in [4.69, 9.17) is 9.47 Å². The van der Waals surface area contributed by atoms with Gasteiger partial charge in [0.25, 0.3) is 5.91 Å². The highest BCUT2D eigenvalue weighted by Gasteiger charge is 2.34. The van der Waals surface area contributed by atoms with Crippen LogP contribution >= 0.6 is 0 Å². The van der Waals surface area contributed by atoms with E-state index in [0.717, 1.165) is 0 Å². The highest BCUT2D eigenvalue weighted by molar-refractivity contribution is 7.89. The zero-order valence-electron chi connectivity index (χ0n) is 19.3. The van der Waals surface area contributed by atoms with E-state index in [9.17, 15) is 22.8 Å². The van der Waals surface area contributed by atoms with Crippen LogP contribution in [0, 0.1) is 5.92 Å². The number of carbonyl (C=O) groups is 3. The fraction of sp³-hybridized carbons (Fsp3) is 0.375. The van der Waals surface area contributed by atoms with Gasteiger partial charge in [-0.05, 0) is 51.0 Å². The molecule has 1 aliphatic heterocycles. The van der Waals surface area contributed by atoms with Crippen LogP contribution in [0.15, 0.2) is 53.4 Å². The van der Waals surface area contributed by atoms with Crippen molar-refractivity contribution >= 4 is 33.4 Å². The third-order valence-electron chi connectivity index (χ3n) is 5.69. The minimum absolute atomic E-state index is 0.0985. The number of sulfonamides is 1. The Bertz CT molecular complexity index is 1150. The van der Waals surface area contributed by atoms with Gasteiger partial charge in [-0.1, -0.05) is 18.2 Å². The Balaban J connectivity index is 1.53. The maximum absolute atomic E-state index is 12.9. The van der Waals surface area contributed by atoms with Gasteiger partial charge in [-0.2, -0.15) is 4.31 Å². The molecule has 10 heteroatoms. The first kappa shape index (κ1) is 25.4. The molecule has 1 heterocycles. The lowest BCUT2D eigenvalue weighted by Gasteiger charge is -2.30. The molecule has 2 aromatic rings. The fourth-order valence-electron chi connectivity index (χ4n) is 3.61. The first-order valence-corrected chi connectivity index (χ1v) is 12.3. The number of ketones is 1. The summed E-state index contributed by atoms with van der Waals surface area (Å²) in [4.78, 5) is 36.5. The average Bonchev–Trinajstić information content (AvgIpc) is 2.84. The number of piperidine rings is 1. The Morgan fingerprint density at radius 1 is 1.06 bits per heavy atom. The van der Waals surface area contributed by atoms with Crippen LogP contribution in [0.2, 0.25) is 0 Å². The van der Waals surface area contributed by atoms with Gasteiger partial charge in [-0.15, -0.1) is 0 Å². The second kappa shape index (κ2) is 10.8. The van der Waals surface area contributed by atoms with E-state index < -0.39 is 33.9 Å². The molecule has 1 aliphatic rings. The van der Waals surface area contributed by atoms with Crippen LogP contribution in [-0.2, 0) is 24.3 Å². The zero-order valence-corrected chi connectivity index (χ0v) is 20.1. The van der Waals surface area contributed by atoms with Gasteiger partial charge in [0, 0.05) is 30.4 Å². The number of benzene rings is 2. The molecule has 1 fully saturated rings. The molecule has 9 nitrogen and oxygen atoms in total. The Hall–Kier alpha value is -3.24. The van der Waals surface area contributed by atoms with Crippen LogP contribution in [0.5, 0.6) is 5.75 Å². The lowest BCUT2D eigenvalue weighted by atomic mass is 9.98. The number of ether oxygens (including phenoxy) is 2. The lowest BCUT2D eigenvalue weighted by Crippen LogP contribution is -2.41. The monoisotopic (exact) mass is 488 g/mol. The number of amides is 1. The van der Waals surface area contributed by atoms with Crippen LogP contribution in [-0.4, -0.2) is 56.7 Å². The summed E-state index contributed by atoms with van der Waals surface area (Å²) in [7, 11) is -2.22. The summed E-state index contributed by atoms with van der Waals surface area (Å²) in [6.07, 6.45) is -0.443. The molecule has 1 saturated heterocycles. The Morgan fingerprint density at radius 2 is 1.71 bits per heavy atom. The molecule has 0 aliphatic carbocycles. The summed E-state index contributed by atoms with van der Waals surface area (Å²) in [6.45, 7) is 3.20. The zero-order chi connectivity index (χ0) is 24.9. The van der Waals surface area contributed by atoms with Gasteiger partial charge in [0.1, 0.15) is 5.75 Å². The number of Topliss-reactive ketones (excluding diaryl/α,β-unsaturated/α-hetero) is 1. The predicted molar refractivity (Wildman–Crippen MR) is 125 cm³/mol. The Labute approximate surface area is 199 Å². The van der Waals surface area contributed by atoms with Gasteiger partial charge >= 0.3 is 5.97 Å². The van der Waals surface area contributed by atoms with Crippen molar-refractivity contribution in [3.8, 4) is 5.75 Å². The third-order valence-corrected chi connectivity index (χ3v) is 7.60. The number of esters is 1. The maximum atomic E-state index is 12.9. The number of anilines is 1. The van der Waals surface area contributed by atoms with Crippen molar-refractivity contribution in [3.63, 3.8) is 0 Å². The standard InChI is InChI=1S/C24H28N2O7S/c1-16(27)18-7-9-22(10-8-18)34(30,31)26-13-11-19(12-14-26)24(29)33-17(2)23(28)25-20-5-4-6-21(15-20)32-3/h4-10,15,17,19H,11-14H2,1-3H3,(H,25,28)/t17-/m1/s1. The van der Waals surface area contributed by atoms with Crippen LogP contribution in [0.25, 0.3) is 0 Å². The van der Waals surface area contributed by atoms with Gasteiger partial charge in [-0.25, -0.2) is 8.42 Å². The summed E-state index contributed by atoms with van der Waals surface area (Å²) in [5.41, 5.74) is 0.951. The van der Waals surface area contributed by atoms with Gasteiger partial charge in [0.05, 0.1) is 17.9 Å². The third kappa shape index (κ3) is 6.00. The van der Waals surface area contributed by atoms with Gasteiger partial charge in [0.15, 0.2) is 11.9 Å². The number of hydrogen-bond acceptors (Lipinski definition) is 7. The van der Waals surface area contributed by atoms with Crippen LogP contribution in [0.3, 0.4) is 0 Å². The maximum Gasteiger partial charge on any atom is 0.309 e. The van der Waals surface area contributed by atoms with Crippen molar-refractivity contribution in [1.82, 2.24) is 4.31 Å². The SMILES string of the molecule is COc1cccc(NC(=O)[C@@H](C)OC(=O)C2CCN(S(=O)(=O)c3ccc(C(C)=O)cc3)CC2)c1. The van der Waals surface area contributed by atoms with Gasteiger partial charge < -0.3 is 14.8 Å². The normalized spacial score (nSPS) is 15.9. The van der Waals surface area contributed by atoms with Crippen molar-refractivity contribution in [2.75, 3.05) is 25.5 Å². The van der Waals surface area contributed by atoms with Crippen LogP contribution in [0.1, 0.15) is 37.0 Å². The molecule has 0 unspecified atom stereocenters. The second-order valence-corrected chi connectivity index (χ2v) is 10.00. The summed E-state index contributed by atoms with van der Waals surface area (Å²) >= 11 is 0. The summed E-state index contributed by atoms with van der Waals surface area (Å²) < 4.78 is 37.6. The van der Waals surface area contributed by atoms with E-state index in [1.807, 2.05) is 0 Å². The fourth-order valence-corrected chi connectivity index (χ4v) is 5.08. The summed E-state index contributed by atoms with van der Waals surface area (Å²) in [5, 5.41) is 2.68. The number of nitrogens with one attached hydrogen (secondary N) is 1. The highest BCUT2D eigenvalue weighted by atomic mass is 32.2. The largest absolute Gasteiger partial charge is 0.497 e. The first-order valence-electron chi connectivity index (χ1n) is 10.9. The van der Waals surface area contributed by atoms with E-state index in [0.29, 0.717) is 17.0 Å². The molecule has 0 radical (unpaired) electrons. The summed E-state index contributed by atoms with van der Waals surface area (Å²) in [6, 6.07) is 12.6. The molecule has 0 spiro atoms. The van der Waals surface area contributed by atoms with E-state index in [-0.39, 0.29) is 36.6 Å². The second-order valence-electron chi connectivity index (χ2n) is 8.06. The lowest BCUT2D eigenvalue weighted by molar-refractivity contribution is -0.158. The highest BCUT2D eigenvalue weighted by Crippen LogP contribution is 2.25. The predicted octanol–water partition coefficient (Wildman–Crippen LogP) is 2.87. The minimum atomic E-state index is -3.73. The minimum Gasteiger partial charge on any atom is -0.497 e. The Kier molecular flexibility index (Phi) is 8.06. The number of rotatable bonds is 8.